The van der Waals surface area contributed by atoms with Gasteiger partial charge in [0.2, 0.25) is 5.88 Å². The number of methoxy groups -OCH3 is 1. The second-order valence-corrected chi connectivity index (χ2v) is 6.06. The first kappa shape index (κ1) is 19.8. The number of aromatic hydroxyl groups is 1. The molecule has 0 atom stereocenters. The number of nitro groups is 1. The number of ether oxygens (including phenoxy) is 1. The van der Waals surface area contributed by atoms with E-state index in [1.807, 2.05) is 0 Å². The Bertz CT molecular complexity index is 1250. The van der Waals surface area contributed by atoms with Gasteiger partial charge < -0.3 is 9.84 Å². The molecule has 148 valence electrons. The number of hydrogen-bond acceptors (Lipinski definition) is 7. The summed E-state index contributed by atoms with van der Waals surface area (Å²) in [6.07, 6.45) is 0.926. The lowest BCUT2D eigenvalue weighted by molar-refractivity contribution is -0.384. The lowest BCUT2D eigenvalue weighted by Crippen LogP contribution is -2.31. The molecule has 0 aliphatic carbocycles. The molecule has 2 aromatic carbocycles. The van der Waals surface area contributed by atoms with Gasteiger partial charge in [-0.25, -0.2) is 14.4 Å². The van der Waals surface area contributed by atoms with Crippen molar-refractivity contribution in [2.45, 2.75) is 0 Å². The van der Waals surface area contributed by atoms with Crippen molar-refractivity contribution in [2.75, 3.05) is 7.11 Å². The molecular formula is C18H13ClN4O6. The number of para-hydroxylation sites is 1. The molecule has 0 radical (unpaired) electrons. The van der Waals surface area contributed by atoms with Crippen molar-refractivity contribution in [3.8, 4) is 17.3 Å². The minimum Gasteiger partial charge on any atom is -0.496 e. The van der Waals surface area contributed by atoms with Crippen LogP contribution >= 0.6 is 11.6 Å². The summed E-state index contributed by atoms with van der Waals surface area (Å²) in [5, 5.41) is 21.9. The molecule has 0 aliphatic rings. The fourth-order valence-electron chi connectivity index (χ4n) is 2.53. The highest BCUT2D eigenvalue weighted by Crippen LogP contribution is 2.31. The first-order chi connectivity index (χ1) is 13.8. The lowest BCUT2D eigenvalue weighted by atomic mass is 10.2. The number of halogens is 1. The van der Waals surface area contributed by atoms with E-state index in [1.165, 1.54) is 37.4 Å². The molecule has 0 amide bonds. The molecule has 1 heterocycles. The number of aromatic amines is 1. The van der Waals surface area contributed by atoms with E-state index in [1.54, 1.807) is 12.1 Å². The fourth-order valence-corrected chi connectivity index (χ4v) is 2.75. The standard InChI is InChI=1S/C18H13ClN4O6/c1-29-10-6-7-13(15(8-10)23(27)28)20-9-11-16(24)21-18(26)22(17(11)25)14-5-3-2-4-12(14)19/h2-9,25H,1H3,(H,21,24,26). The van der Waals surface area contributed by atoms with Crippen LogP contribution in [0.15, 0.2) is 57.0 Å². The number of nitrogens with zero attached hydrogens (tertiary/aromatic N) is 3. The van der Waals surface area contributed by atoms with Crippen LogP contribution < -0.4 is 16.0 Å². The lowest BCUT2D eigenvalue weighted by Gasteiger charge is -2.10. The highest BCUT2D eigenvalue weighted by atomic mass is 35.5. The molecule has 0 aliphatic heterocycles. The van der Waals surface area contributed by atoms with E-state index in [4.69, 9.17) is 16.3 Å². The van der Waals surface area contributed by atoms with Gasteiger partial charge in [-0.1, -0.05) is 23.7 Å². The van der Waals surface area contributed by atoms with Gasteiger partial charge in [0.25, 0.3) is 11.2 Å². The quantitative estimate of drug-likeness (QED) is 0.372. The first-order valence-corrected chi connectivity index (χ1v) is 8.41. The third-order valence-corrected chi connectivity index (χ3v) is 4.25. The molecule has 0 bridgehead atoms. The Balaban J connectivity index is 2.16. The summed E-state index contributed by atoms with van der Waals surface area (Å²) < 4.78 is 5.75. The molecule has 1 aromatic heterocycles. The van der Waals surface area contributed by atoms with Crippen LogP contribution in [0.25, 0.3) is 5.69 Å². The van der Waals surface area contributed by atoms with Crippen molar-refractivity contribution in [3.05, 3.63) is 84.0 Å². The number of aromatic nitrogens is 2. The molecule has 3 rings (SSSR count). The van der Waals surface area contributed by atoms with Gasteiger partial charge >= 0.3 is 5.69 Å². The second kappa shape index (κ2) is 7.98. The van der Waals surface area contributed by atoms with Gasteiger partial charge in [0, 0.05) is 6.21 Å². The number of benzene rings is 2. The number of hydrogen-bond donors (Lipinski definition) is 2. The zero-order valence-corrected chi connectivity index (χ0v) is 15.6. The van der Waals surface area contributed by atoms with E-state index in [-0.39, 0.29) is 33.4 Å². The van der Waals surface area contributed by atoms with Gasteiger partial charge in [0.1, 0.15) is 17.0 Å². The molecule has 3 aromatic rings. The molecule has 0 saturated heterocycles. The van der Waals surface area contributed by atoms with Crippen LogP contribution in [0, 0.1) is 10.1 Å². The molecule has 0 unspecified atom stereocenters. The van der Waals surface area contributed by atoms with Crippen LogP contribution in [0.1, 0.15) is 5.56 Å². The number of rotatable bonds is 5. The molecule has 0 saturated carbocycles. The number of nitro benzene ring substituents is 1. The SMILES string of the molecule is COc1ccc(N=Cc2c(O)n(-c3ccccc3Cl)c(=O)[nH]c2=O)c([N+](=O)[O-])c1. The van der Waals surface area contributed by atoms with Crippen LogP contribution in [-0.2, 0) is 0 Å². The predicted molar refractivity (Wildman–Crippen MR) is 106 cm³/mol. The maximum Gasteiger partial charge on any atom is 0.335 e. The molecule has 0 spiro atoms. The van der Waals surface area contributed by atoms with Crippen LogP contribution in [0.5, 0.6) is 11.6 Å². The van der Waals surface area contributed by atoms with Gasteiger partial charge in [-0.3, -0.25) is 19.9 Å². The van der Waals surface area contributed by atoms with Crippen molar-refractivity contribution in [2.24, 2.45) is 4.99 Å². The number of nitrogens with one attached hydrogen (secondary N) is 1. The summed E-state index contributed by atoms with van der Waals surface area (Å²) in [5.41, 5.74) is -2.52. The zero-order chi connectivity index (χ0) is 21.1. The van der Waals surface area contributed by atoms with Crippen LogP contribution in [0.4, 0.5) is 11.4 Å². The van der Waals surface area contributed by atoms with E-state index in [0.29, 0.717) is 0 Å². The van der Waals surface area contributed by atoms with Gasteiger partial charge in [-0.15, -0.1) is 0 Å². The zero-order valence-electron chi connectivity index (χ0n) is 14.8. The Labute approximate surface area is 167 Å². The highest BCUT2D eigenvalue weighted by Gasteiger charge is 2.18. The summed E-state index contributed by atoms with van der Waals surface area (Å²) in [7, 11) is 1.36. The van der Waals surface area contributed by atoms with Crippen LogP contribution in [-0.4, -0.2) is 32.9 Å². The van der Waals surface area contributed by atoms with Crippen molar-refractivity contribution in [1.29, 1.82) is 0 Å². The average molecular weight is 417 g/mol. The van der Waals surface area contributed by atoms with Crippen LogP contribution in [0.2, 0.25) is 5.02 Å². The van der Waals surface area contributed by atoms with E-state index in [9.17, 15) is 24.8 Å². The van der Waals surface area contributed by atoms with Crippen molar-refractivity contribution >= 4 is 29.2 Å². The van der Waals surface area contributed by atoms with Crippen molar-refractivity contribution in [3.63, 3.8) is 0 Å². The summed E-state index contributed by atoms with van der Waals surface area (Å²) in [6.45, 7) is 0. The monoisotopic (exact) mass is 416 g/mol. The van der Waals surface area contributed by atoms with Gasteiger partial charge in [0.15, 0.2) is 0 Å². The Morgan fingerprint density at radius 3 is 2.66 bits per heavy atom. The Morgan fingerprint density at radius 2 is 2.00 bits per heavy atom. The van der Waals surface area contributed by atoms with Gasteiger partial charge in [-0.05, 0) is 24.3 Å². The summed E-state index contributed by atoms with van der Waals surface area (Å²) in [5.74, 6) is -0.463. The highest BCUT2D eigenvalue weighted by molar-refractivity contribution is 6.32. The second-order valence-electron chi connectivity index (χ2n) is 5.65. The normalized spacial score (nSPS) is 11.0. The largest absolute Gasteiger partial charge is 0.496 e. The van der Waals surface area contributed by atoms with E-state index in [2.05, 4.69) is 9.98 Å². The number of aliphatic imine (C=N–C) groups is 1. The smallest absolute Gasteiger partial charge is 0.335 e. The Morgan fingerprint density at radius 1 is 1.28 bits per heavy atom. The van der Waals surface area contributed by atoms with Gasteiger partial charge in [0.05, 0.1) is 28.8 Å². The third kappa shape index (κ3) is 3.87. The fraction of sp³-hybridized carbons (Fsp3) is 0.0556. The summed E-state index contributed by atoms with van der Waals surface area (Å²) in [6, 6.07) is 10.1. The van der Waals surface area contributed by atoms with E-state index in [0.717, 1.165) is 10.8 Å². The minimum absolute atomic E-state index is 0.0786. The van der Waals surface area contributed by atoms with E-state index < -0.39 is 22.1 Å². The van der Waals surface area contributed by atoms with Crippen LogP contribution in [0.3, 0.4) is 0 Å². The van der Waals surface area contributed by atoms with Crippen molar-refractivity contribution in [1.82, 2.24) is 9.55 Å². The molecule has 10 nitrogen and oxygen atoms in total. The molecular weight excluding hydrogens is 404 g/mol. The Hall–Kier alpha value is -3.92. The molecule has 0 fully saturated rings. The van der Waals surface area contributed by atoms with Crippen molar-refractivity contribution < 1.29 is 14.8 Å². The molecule has 29 heavy (non-hydrogen) atoms. The van der Waals surface area contributed by atoms with E-state index >= 15 is 0 Å². The Kier molecular flexibility index (Phi) is 5.46. The first-order valence-electron chi connectivity index (χ1n) is 8.03. The maximum atomic E-state index is 12.2. The minimum atomic E-state index is -0.921. The summed E-state index contributed by atoms with van der Waals surface area (Å²) >= 11 is 6.07. The van der Waals surface area contributed by atoms with Gasteiger partial charge in [-0.2, -0.15) is 0 Å². The average Bonchev–Trinajstić information content (AvgIpc) is 2.69. The third-order valence-electron chi connectivity index (χ3n) is 3.93. The summed E-state index contributed by atoms with van der Waals surface area (Å²) in [4.78, 5) is 40.9. The predicted octanol–water partition coefficient (Wildman–Crippen LogP) is 2.55. The molecule has 11 heteroatoms. The topological polar surface area (TPSA) is 140 Å². The molecule has 2 N–H and O–H groups in total. The maximum absolute atomic E-state index is 12.2. The number of H-pyrrole nitrogens is 1.